The zero-order valence-corrected chi connectivity index (χ0v) is 12.5. The van der Waals surface area contributed by atoms with Gasteiger partial charge in [-0.25, -0.2) is 0 Å². The molecule has 0 aliphatic carbocycles. The molecule has 0 heterocycles. The van der Waals surface area contributed by atoms with Gasteiger partial charge in [-0.05, 0) is 31.5 Å². The summed E-state index contributed by atoms with van der Waals surface area (Å²) in [5.41, 5.74) is 10.8. The van der Waals surface area contributed by atoms with E-state index in [0.29, 0.717) is 12.2 Å². The minimum Gasteiger partial charge on any atom is -0.398 e. The minimum atomic E-state index is -0.403. The van der Waals surface area contributed by atoms with Crippen molar-refractivity contribution in [1.29, 1.82) is 0 Å². The smallest absolute Gasteiger partial charge is 0.269 e. The van der Waals surface area contributed by atoms with Crippen molar-refractivity contribution in [3.63, 3.8) is 0 Å². The molecule has 0 aliphatic heterocycles. The summed E-state index contributed by atoms with van der Waals surface area (Å²) >= 11 is 0. The molecular formula is C16H19N3O2. The van der Waals surface area contributed by atoms with Gasteiger partial charge in [0.2, 0.25) is 0 Å². The Labute approximate surface area is 124 Å². The summed E-state index contributed by atoms with van der Waals surface area (Å²) in [6.45, 7) is 4.63. The number of aryl methyl sites for hydroxylation is 2. The van der Waals surface area contributed by atoms with E-state index in [4.69, 9.17) is 5.73 Å². The summed E-state index contributed by atoms with van der Waals surface area (Å²) in [5, 5.41) is 10.9. The molecule has 5 heteroatoms. The van der Waals surface area contributed by atoms with Crippen LogP contribution in [0.4, 0.5) is 17.1 Å². The average molecular weight is 285 g/mol. The molecule has 0 atom stereocenters. The SMILES string of the molecule is Cc1ccc(N(C)Cc2cc([N+](=O)[O-])ccc2N)c(C)c1. The van der Waals surface area contributed by atoms with E-state index >= 15 is 0 Å². The standard InChI is InChI=1S/C16H19N3O2/c1-11-4-7-16(12(2)8-11)18(3)10-13-9-14(19(20)21)5-6-15(13)17/h4-9H,10,17H2,1-3H3. The highest BCUT2D eigenvalue weighted by molar-refractivity contribution is 5.58. The van der Waals surface area contributed by atoms with Crippen molar-refractivity contribution in [3.05, 3.63) is 63.2 Å². The van der Waals surface area contributed by atoms with E-state index in [9.17, 15) is 10.1 Å². The number of benzene rings is 2. The molecule has 0 aromatic heterocycles. The predicted octanol–water partition coefficient (Wildman–Crippen LogP) is 3.43. The van der Waals surface area contributed by atoms with Gasteiger partial charge in [0.05, 0.1) is 4.92 Å². The van der Waals surface area contributed by atoms with Gasteiger partial charge in [0.25, 0.3) is 5.69 Å². The Kier molecular flexibility index (Phi) is 4.12. The predicted molar refractivity (Wildman–Crippen MR) is 85.5 cm³/mol. The first-order chi connectivity index (χ1) is 9.88. The fourth-order valence-corrected chi connectivity index (χ4v) is 2.42. The summed E-state index contributed by atoms with van der Waals surface area (Å²) in [6, 6.07) is 10.8. The second-order valence-electron chi connectivity index (χ2n) is 5.29. The first-order valence-corrected chi connectivity index (χ1v) is 6.69. The van der Waals surface area contributed by atoms with Crippen LogP contribution in [-0.2, 0) is 6.54 Å². The van der Waals surface area contributed by atoms with Crippen molar-refractivity contribution in [2.75, 3.05) is 17.7 Å². The lowest BCUT2D eigenvalue weighted by atomic mass is 10.1. The van der Waals surface area contributed by atoms with Crippen LogP contribution in [0, 0.1) is 24.0 Å². The maximum absolute atomic E-state index is 10.9. The molecule has 2 rings (SSSR count). The lowest BCUT2D eigenvalue weighted by molar-refractivity contribution is -0.384. The third kappa shape index (κ3) is 3.31. The van der Waals surface area contributed by atoms with Gasteiger partial charge < -0.3 is 10.6 Å². The maximum Gasteiger partial charge on any atom is 0.269 e. The number of hydrogen-bond donors (Lipinski definition) is 1. The van der Waals surface area contributed by atoms with Crippen molar-refractivity contribution in [2.24, 2.45) is 0 Å². The van der Waals surface area contributed by atoms with Crippen molar-refractivity contribution in [3.8, 4) is 0 Å². The molecule has 21 heavy (non-hydrogen) atoms. The normalized spacial score (nSPS) is 10.4. The molecule has 0 saturated carbocycles. The molecule has 0 aliphatic rings. The van der Waals surface area contributed by atoms with Gasteiger partial charge in [0, 0.05) is 42.7 Å². The average Bonchev–Trinajstić information content (AvgIpc) is 2.40. The van der Waals surface area contributed by atoms with Gasteiger partial charge in [0.15, 0.2) is 0 Å². The topological polar surface area (TPSA) is 72.4 Å². The first kappa shape index (κ1) is 14.8. The molecule has 0 fully saturated rings. The Morgan fingerprint density at radius 3 is 2.52 bits per heavy atom. The van der Waals surface area contributed by atoms with E-state index in [1.54, 1.807) is 6.07 Å². The Bertz CT molecular complexity index is 683. The van der Waals surface area contributed by atoms with Gasteiger partial charge in [-0.2, -0.15) is 0 Å². The molecule has 0 bridgehead atoms. The van der Waals surface area contributed by atoms with Crippen molar-refractivity contribution >= 4 is 17.1 Å². The molecular weight excluding hydrogens is 266 g/mol. The number of nitrogen functional groups attached to an aromatic ring is 1. The number of rotatable bonds is 4. The monoisotopic (exact) mass is 285 g/mol. The van der Waals surface area contributed by atoms with E-state index in [1.165, 1.54) is 23.3 Å². The van der Waals surface area contributed by atoms with Crippen LogP contribution in [-0.4, -0.2) is 12.0 Å². The van der Waals surface area contributed by atoms with Crippen LogP contribution in [0.15, 0.2) is 36.4 Å². The Morgan fingerprint density at radius 2 is 1.90 bits per heavy atom. The highest BCUT2D eigenvalue weighted by Crippen LogP contribution is 2.25. The summed E-state index contributed by atoms with van der Waals surface area (Å²) in [6.07, 6.45) is 0. The highest BCUT2D eigenvalue weighted by Gasteiger charge is 2.12. The van der Waals surface area contributed by atoms with Gasteiger partial charge in [-0.15, -0.1) is 0 Å². The lowest BCUT2D eigenvalue weighted by Gasteiger charge is -2.22. The third-order valence-corrected chi connectivity index (χ3v) is 3.51. The molecule has 0 unspecified atom stereocenters. The minimum absolute atomic E-state index is 0.0632. The molecule has 0 amide bonds. The fourth-order valence-electron chi connectivity index (χ4n) is 2.42. The quantitative estimate of drug-likeness (QED) is 0.530. The van der Waals surface area contributed by atoms with Gasteiger partial charge in [-0.1, -0.05) is 17.7 Å². The van der Waals surface area contributed by atoms with Crippen LogP contribution < -0.4 is 10.6 Å². The lowest BCUT2D eigenvalue weighted by Crippen LogP contribution is -2.18. The number of hydrogen-bond acceptors (Lipinski definition) is 4. The highest BCUT2D eigenvalue weighted by atomic mass is 16.6. The second-order valence-corrected chi connectivity index (χ2v) is 5.29. The number of nitrogens with two attached hydrogens (primary N) is 1. The number of nitro benzene ring substituents is 1. The van der Waals surface area contributed by atoms with Crippen LogP contribution >= 0.6 is 0 Å². The van der Waals surface area contributed by atoms with Gasteiger partial charge in [-0.3, -0.25) is 10.1 Å². The molecule has 0 radical (unpaired) electrons. The number of non-ortho nitro benzene ring substituents is 1. The van der Waals surface area contributed by atoms with E-state index in [0.717, 1.165) is 11.3 Å². The largest absolute Gasteiger partial charge is 0.398 e. The van der Waals surface area contributed by atoms with E-state index in [2.05, 4.69) is 32.0 Å². The molecule has 0 spiro atoms. The second kappa shape index (κ2) is 5.83. The zero-order valence-electron chi connectivity index (χ0n) is 12.5. The van der Waals surface area contributed by atoms with Gasteiger partial charge in [0.1, 0.15) is 0 Å². The van der Waals surface area contributed by atoms with Crippen molar-refractivity contribution in [1.82, 2.24) is 0 Å². The van der Waals surface area contributed by atoms with Crippen molar-refractivity contribution in [2.45, 2.75) is 20.4 Å². The molecule has 0 saturated heterocycles. The molecule has 110 valence electrons. The van der Waals surface area contributed by atoms with E-state index in [1.807, 2.05) is 11.9 Å². The van der Waals surface area contributed by atoms with E-state index < -0.39 is 4.92 Å². The van der Waals surface area contributed by atoms with E-state index in [-0.39, 0.29) is 5.69 Å². The fraction of sp³-hybridized carbons (Fsp3) is 0.250. The number of nitro groups is 1. The summed E-state index contributed by atoms with van der Waals surface area (Å²) < 4.78 is 0. The first-order valence-electron chi connectivity index (χ1n) is 6.69. The van der Waals surface area contributed by atoms with Gasteiger partial charge >= 0.3 is 0 Å². The molecule has 5 nitrogen and oxygen atoms in total. The Balaban J connectivity index is 2.28. The van der Waals surface area contributed by atoms with Crippen molar-refractivity contribution < 1.29 is 4.92 Å². The number of anilines is 2. The maximum atomic E-state index is 10.9. The van der Waals surface area contributed by atoms with Crippen LogP contribution in [0.25, 0.3) is 0 Å². The Hall–Kier alpha value is -2.56. The summed E-state index contributed by atoms with van der Waals surface area (Å²) in [5.74, 6) is 0. The summed E-state index contributed by atoms with van der Waals surface area (Å²) in [7, 11) is 1.95. The Morgan fingerprint density at radius 1 is 1.19 bits per heavy atom. The molecule has 2 aromatic carbocycles. The zero-order chi connectivity index (χ0) is 15.6. The van der Waals surface area contributed by atoms with Crippen LogP contribution in [0.1, 0.15) is 16.7 Å². The summed E-state index contributed by atoms with van der Waals surface area (Å²) in [4.78, 5) is 12.5. The van der Waals surface area contributed by atoms with Crippen LogP contribution in [0.3, 0.4) is 0 Å². The van der Waals surface area contributed by atoms with Crippen LogP contribution in [0.2, 0.25) is 0 Å². The third-order valence-electron chi connectivity index (χ3n) is 3.51. The number of nitrogens with zero attached hydrogens (tertiary/aromatic N) is 2. The van der Waals surface area contributed by atoms with Crippen LogP contribution in [0.5, 0.6) is 0 Å². The molecule has 2 aromatic rings. The molecule has 2 N–H and O–H groups in total.